The lowest BCUT2D eigenvalue weighted by atomic mass is 10.1. The first-order valence-corrected chi connectivity index (χ1v) is 11.6. The van der Waals surface area contributed by atoms with Gasteiger partial charge in [-0.05, 0) is 41.0 Å². The third-order valence-corrected chi connectivity index (χ3v) is 5.18. The van der Waals surface area contributed by atoms with Crippen molar-refractivity contribution < 1.29 is 0 Å². The molecule has 33 heavy (non-hydrogen) atoms. The Morgan fingerprint density at radius 3 is 1.36 bits per heavy atom. The minimum absolute atomic E-state index is 0.194. The zero-order chi connectivity index (χ0) is 25.3. The Labute approximate surface area is 214 Å². The molecule has 0 aliphatic carbocycles. The van der Waals surface area contributed by atoms with Crippen LogP contribution in [0.15, 0.2) is 18.6 Å². The Bertz CT molecular complexity index is 913. The second kappa shape index (κ2) is 13.6. The lowest BCUT2D eigenvalue weighted by Crippen LogP contribution is -2.00. The van der Waals surface area contributed by atoms with Crippen molar-refractivity contribution >= 4 is 58.2 Å². The predicted molar refractivity (Wildman–Crippen MR) is 137 cm³/mol. The molecule has 0 fully saturated rings. The van der Waals surface area contributed by atoms with Gasteiger partial charge in [-0.15, -0.1) is 0 Å². The average Bonchev–Trinajstić information content (AvgIpc) is 2.68. The van der Waals surface area contributed by atoms with E-state index in [0.717, 1.165) is 16.7 Å². The third-order valence-electron chi connectivity index (χ3n) is 4.21. The molecule has 0 aliphatic heterocycles. The Morgan fingerprint density at radius 1 is 0.576 bits per heavy atom. The molecule has 0 saturated heterocycles. The van der Waals surface area contributed by atoms with E-state index in [9.17, 15) is 0 Å². The number of nitrogens with zero attached hydrogens (tertiary/aromatic N) is 6. The predicted octanol–water partition coefficient (Wildman–Crippen LogP) is 6.58. The van der Waals surface area contributed by atoms with Crippen LogP contribution in [0.2, 0.25) is 20.9 Å². The van der Waals surface area contributed by atoms with Gasteiger partial charge in [0.25, 0.3) is 0 Å². The Hall–Kier alpha value is -2.00. The van der Waals surface area contributed by atoms with Gasteiger partial charge in [0.1, 0.15) is 16.1 Å². The Kier molecular flexibility index (Phi) is 12.0. The highest BCUT2D eigenvalue weighted by atomic mass is 35.5. The molecule has 3 heterocycles. The highest BCUT2D eigenvalue weighted by Gasteiger charge is 2.08. The maximum absolute atomic E-state index is 5.79. The normalized spacial score (nSPS) is 10.6. The van der Waals surface area contributed by atoms with Crippen LogP contribution in [0.4, 0.5) is 11.8 Å². The van der Waals surface area contributed by atoms with Crippen molar-refractivity contribution in [3.8, 4) is 0 Å². The number of hydrogen-bond donors (Lipinski definition) is 2. The average molecular weight is 534 g/mol. The summed E-state index contributed by atoms with van der Waals surface area (Å²) in [4.78, 5) is 23.0. The molecule has 0 bridgehead atoms. The summed E-state index contributed by atoms with van der Waals surface area (Å²) in [6.07, 6.45) is 4.98. The topological polar surface area (TPSA) is 129 Å². The van der Waals surface area contributed by atoms with Crippen molar-refractivity contribution in [2.45, 2.75) is 59.3 Å². The first-order valence-electron chi connectivity index (χ1n) is 10.1. The van der Waals surface area contributed by atoms with Crippen molar-refractivity contribution in [2.24, 2.45) is 0 Å². The van der Waals surface area contributed by atoms with Crippen molar-refractivity contribution in [1.82, 2.24) is 29.9 Å². The van der Waals surface area contributed by atoms with Gasteiger partial charge in [-0.25, -0.2) is 29.9 Å². The van der Waals surface area contributed by atoms with Crippen LogP contribution in [-0.2, 0) is 0 Å². The summed E-state index contributed by atoms with van der Waals surface area (Å²) < 4.78 is 0. The smallest absolute Gasteiger partial charge is 0.224 e. The zero-order valence-corrected chi connectivity index (χ0v) is 22.3. The van der Waals surface area contributed by atoms with E-state index in [1.807, 2.05) is 41.5 Å². The third kappa shape index (κ3) is 9.80. The second-order valence-electron chi connectivity index (χ2n) is 7.80. The molecule has 3 aromatic heterocycles. The van der Waals surface area contributed by atoms with Gasteiger partial charge in [0.2, 0.25) is 16.5 Å². The molecule has 8 nitrogen and oxygen atoms in total. The molecule has 0 saturated carbocycles. The van der Waals surface area contributed by atoms with E-state index < -0.39 is 0 Å². The summed E-state index contributed by atoms with van der Waals surface area (Å²) >= 11 is 22.6. The van der Waals surface area contributed by atoms with Crippen LogP contribution >= 0.6 is 46.4 Å². The molecular weight excluding hydrogens is 506 g/mol. The fraction of sp³-hybridized carbons (Fsp3) is 0.429. The SMILES string of the molecule is CC(C)c1cnc(Cl)nc1Cl.CC(C)c1cnc(Cl)nc1N.CC(C)c1cnc(N)nc1Cl. The molecule has 0 amide bonds. The number of aromatic nitrogens is 6. The molecule has 0 radical (unpaired) electrons. The molecule has 180 valence electrons. The number of rotatable bonds is 3. The number of nitrogens with two attached hydrogens (primary N) is 2. The molecular formula is C21H28Cl4N8. The standard InChI is InChI=1S/C7H8Cl2N2.2C7H10ClN3/c1-4(2)5-3-10-7(9)11-6(5)8;1-4(2)5-3-10-7(8)11-6(5)9;1-4(2)5-3-10-7(9)11-6(5)8/h3-4H,1-2H3;2*3-4H,1-2H3,(H2,9,10,11). The van der Waals surface area contributed by atoms with Gasteiger partial charge in [-0.2, -0.15) is 0 Å². The fourth-order valence-corrected chi connectivity index (χ4v) is 3.35. The summed E-state index contributed by atoms with van der Waals surface area (Å²) in [5, 5.41) is 1.29. The molecule has 0 spiro atoms. The largest absolute Gasteiger partial charge is 0.383 e. The van der Waals surface area contributed by atoms with Crippen LogP contribution < -0.4 is 11.5 Å². The van der Waals surface area contributed by atoms with Crippen LogP contribution in [0.5, 0.6) is 0 Å². The molecule has 3 aromatic rings. The van der Waals surface area contributed by atoms with Crippen LogP contribution in [0, 0.1) is 0 Å². The minimum atomic E-state index is 0.194. The van der Waals surface area contributed by atoms with E-state index >= 15 is 0 Å². The molecule has 0 atom stereocenters. The molecule has 3 rings (SSSR count). The van der Waals surface area contributed by atoms with Gasteiger partial charge in [0.15, 0.2) is 0 Å². The van der Waals surface area contributed by atoms with Gasteiger partial charge in [0, 0.05) is 35.3 Å². The first-order chi connectivity index (χ1) is 15.3. The van der Waals surface area contributed by atoms with Gasteiger partial charge in [0.05, 0.1) is 0 Å². The van der Waals surface area contributed by atoms with Crippen molar-refractivity contribution in [2.75, 3.05) is 11.5 Å². The highest BCUT2D eigenvalue weighted by Crippen LogP contribution is 2.22. The number of nitrogen functional groups attached to an aromatic ring is 2. The highest BCUT2D eigenvalue weighted by molar-refractivity contribution is 6.32. The Balaban J connectivity index is 0.000000247. The van der Waals surface area contributed by atoms with Gasteiger partial charge in [-0.3, -0.25) is 0 Å². The van der Waals surface area contributed by atoms with E-state index in [1.54, 1.807) is 18.6 Å². The maximum Gasteiger partial charge on any atom is 0.224 e. The number of halogens is 4. The number of hydrogen-bond acceptors (Lipinski definition) is 8. The van der Waals surface area contributed by atoms with Gasteiger partial charge < -0.3 is 11.5 Å². The quantitative estimate of drug-likeness (QED) is 0.285. The van der Waals surface area contributed by atoms with Gasteiger partial charge in [-0.1, -0.05) is 64.7 Å². The van der Waals surface area contributed by atoms with E-state index in [0.29, 0.717) is 33.9 Å². The summed E-state index contributed by atoms with van der Waals surface area (Å²) in [7, 11) is 0. The molecule has 0 aromatic carbocycles. The van der Waals surface area contributed by atoms with E-state index in [2.05, 4.69) is 29.9 Å². The second-order valence-corrected chi connectivity index (χ2v) is 9.20. The van der Waals surface area contributed by atoms with Crippen molar-refractivity contribution in [3.05, 3.63) is 56.2 Å². The summed E-state index contributed by atoms with van der Waals surface area (Å²) in [6, 6.07) is 0. The zero-order valence-electron chi connectivity index (χ0n) is 19.3. The van der Waals surface area contributed by atoms with Crippen LogP contribution in [-0.4, -0.2) is 29.9 Å². The first kappa shape index (κ1) is 29.0. The van der Waals surface area contributed by atoms with Gasteiger partial charge >= 0.3 is 0 Å². The fourth-order valence-electron chi connectivity index (χ4n) is 2.33. The summed E-state index contributed by atoms with van der Waals surface area (Å²) in [5.74, 6) is 1.70. The molecule has 4 N–H and O–H groups in total. The van der Waals surface area contributed by atoms with E-state index in [-0.39, 0.29) is 16.5 Å². The molecule has 0 unspecified atom stereocenters. The Morgan fingerprint density at radius 2 is 0.970 bits per heavy atom. The molecule has 0 aliphatic rings. The maximum atomic E-state index is 5.79. The summed E-state index contributed by atoms with van der Waals surface area (Å²) in [5.41, 5.74) is 13.7. The molecule has 12 heteroatoms. The van der Waals surface area contributed by atoms with Crippen LogP contribution in [0.25, 0.3) is 0 Å². The van der Waals surface area contributed by atoms with Crippen LogP contribution in [0.1, 0.15) is 76.0 Å². The lowest BCUT2D eigenvalue weighted by molar-refractivity contribution is 0.846. The van der Waals surface area contributed by atoms with Crippen molar-refractivity contribution in [3.63, 3.8) is 0 Å². The van der Waals surface area contributed by atoms with E-state index in [1.165, 1.54) is 0 Å². The van der Waals surface area contributed by atoms with Crippen LogP contribution in [0.3, 0.4) is 0 Å². The van der Waals surface area contributed by atoms with Crippen molar-refractivity contribution in [1.29, 1.82) is 0 Å². The van der Waals surface area contributed by atoms with E-state index in [4.69, 9.17) is 57.9 Å². The summed E-state index contributed by atoms with van der Waals surface area (Å²) in [6.45, 7) is 12.2. The number of anilines is 2. The minimum Gasteiger partial charge on any atom is -0.383 e. The monoisotopic (exact) mass is 532 g/mol. The lowest BCUT2D eigenvalue weighted by Gasteiger charge is -2.06.